The van der Waals surface area contributed by atoms with Gasteiger partial charge in [-0.1, -0.05) is 24.3 Å². The highest BCUT2D eigenvalue weighted by Gasteiger charge is 2.00. The van der Waals surface area contributed by atoms with E-state index in [0.29, 0.717) is 13.2 Å². The van der Waals surface area contributed by atoms with E-state index in [2.05, 4.69) is 22.4 Å². The molecule has 0 amide bonds. The van der Waals surface area contributed by atoms with E-state index in [9.17, 15) is 0 Å². The molecular weight excluding hydrogens is 262 g/mol. The number of anilines is 2. The number of aromatic nitrogens is 1. The highest BCUT2D eigenvalue weighted by Crippen LogP contribution is 2.20. The first-order chi connectivity index (χ1) is 10.3. The fourth-order valence-electron chi connectivity index (χ4n) is 2.16. The zero-order chi connectivity index (χ0) is 14.5. The molecule has 0 saturated heterocycles. The molecule has 3 aromatic rings. The summed E-state index contributed by atoms with van der Waals surface area (Å²) in [5.74, 6) is 1.70. The summed E-state index contributed by atoms with van der Waals surface area (Å²) in [6.07, 6.45) is 1.81. The van der Waals surface area contributed by atoms with Crippen molar-refractivity contribution in [3.8, 4) is 5.75 Å². The van der Waals surface area contributed by atoms with E-state index in [-0.39, 0.29) is 0 Å². The zero-order valence-corrected chi connectivity index (χ0v) is 11.6. The molecule has 0 bridgehead atoms. The van der Waals surface area contributed by atoms with E-state index in [1.165, 1.54) is 5.39 Å². The Morgan fingerprint density at radius 2 is 1.81 bits per heavy atom. The lowest BCUT2D eigenvalue weighted by atomic mass is 10.1. The second kappa shape index (κ2) is 6.13. The minimum absolute atomic E-state index is 0.564. The van der Waals surface area contributed by atoms with Crippen LogP contribution in [0.2, 0.25) is 0 Å². The van der Waals surface area contributed by atoms with Gasteiger partial charge >= 0.3 is 0 Å². The number of hydrogen-bond donors (Lipinski definition) is 2. The van der Waals surface area contributed by atoms with Gasteiger partial charge in [-0.2, -0.15) is 0 Å². The Kier molecular flexibility index (Phi) is 3.87. The number of nitrogens with zero attached hydrogens (tertiary/aromatic N) is 1. The van der Waals surface area contributed by atoms with Crippen LogP contribution in [0.25, 0.3) is 10.8 Å². The normalized spacial score (nSPS) is 10.5. The van der Waals surface area contributed by atoms with Gasteiger partial charge in [-0.25, -0.2) is 4.98 Å². The molecule has 2 aromatic carbocycles. The van der Waals surface area contributed by atoms with Gasteiger partial charge in [-0.05, 0) is 35.7 Å². The third-order valence-electron chi connectivity index (χ3n) is 3.22. The van der Waals surface area contributed by atoms with Crippen molar-refractivity contribution in [3.63, 3.8) is 0 Å². The topological polar surface area (TPSA) is 60.2 Å². The summed E-state index contributed by atoms with van der Waals surface area (Å²) in [7, 11) is 0. The fraction of sp³-hybridized carbons (Fsp3) is 0.118. The van der Waals surface area contributed by atoms with E-state index >= 15 is 0 Å². The predicted molar refractivity (Wildman–Crippen MR) is 86.6 cm³/mol. The molecule has 0 unspecified atom stereocenters. The number of hydrogen-bond acceptors (Lipinski definition) is 4. The maximum absolute atomic E-state index is 5.65. The van der Waals surface area contributed by atoms with Crippen LogP contribution in [0.1, 0.15) is 0 Å². The first kappa shape index (κ1) is 13.2. The Balaban J connectivity index is 1.58. The van der Waals surface area contributed by atoms with E-state index < -0.39 is 0 Å². The summed E-state index contributed by atoms with van der Waals surface area (Å²) in [5.41, 5.74) is 6.37. The second-order valence-corrected chi connectivity index (χ2v) is 4.72. The minimum atomic E-state index is 0.564. The molecule has 4 heteroatoms. The Bertz CT molecular complexity index is 720. The van der Waals surface area contributed by atoms with Crippen molar-refractivity contribution in [2.24, 2.45) is 0 Å². The second-order valence-electron chi connectivity index (χ2n) is 4.72. The first-order valence-electron chi connectivity index (χ1n) is 6.89. The predicted octanol–water partition coefficient (Wildman–Crippen LogP) is 3.31. The minimum Gasteiger partial charge on any atom is -0.492 e. The number of ether oxygens (including phenoxy) is 1. The molecule has 106 valence electrons. The summed E-state index contributed by atoms with van der Waals surface area (Å²) in [6.45, 7) is 1.25. The quantitative estimate of drug-likeness (QED) is 0.555. The monoisotopic (exact) mass is 279 g/mol. The number of nitrogens with two attached hydrogens (primary N) is 1. The molecule has 0 aliphatic rings. The smallest absolute Gasteiger partial charge is 0.133 e. The lowest BCUT2D eigenvalue weighted by Gasteiger charge is -2.10. The third-order valence-corrected chi connectivity index (χ3v) is 3.22. The van der Waals surface area contributed by atoms with E-state index in [4.69, 9.17) is 10.5 Å². The fourth-order valence-corrected chi connectivity index (χ4v) is 2.16. The SMILES string of the molecule is Nc1ccc(OCCNc2nccc3ccccc23)cc1. The lowest BCUT2D eigenvalue weighted by molar-refractivity contribution is 0.333. The van der Waals surface area contributed by atoms with E-state index in [1.807, 2.05) is 48.7 Å². The standard InChI is InChI=1S/C17H17N3O/c18-14-5-7-15(8-6-14)21-12-11-20-17-16-4-2-1-3-13(16)9-10-19-17/h1-10H,11-12,18H2,(H,19,20). The van der Waals surface area contributed by atoms with E-state index in [0.717, 1.165) is 22.6 Å². The Morgan fingerprint density at radius 1 is 1.00 bits per heavy atom. The van der Waals surface area contributed by atoms with E-state index in [1.54, 1.807) is 0 Å². The van der Waals surface area contributed by atoms with Crippen molar-refractivity contribution in [3.05, 3.63) is 60.8 Å². The molecule has 1 heterocycles. The van der Waals surface area contributed by atoms with Crippen LogP contribution in [-0.4, -0.2) is 18.1 Å². The van der Waals surface area contributed by atoms with Gasteiger partial charge in [0.1, 0.15) is 18.2 Å². The highest BCUT2D eigenvalue weighted by molar-refractivity contribution is 5.91. The molecule has 21 heavy (non-hydrogen) atoms. The van der Waals surface area contributed by atoms with Crippen LogP contribution in [0.5, 0.6) is 5.75 Å². The molecule has 0 saturated carbocycles. The summed E-state index contributed by atoms with van der Waals surface area (Å²) in [4.78, 5) is 4.38. The molecule has 4 nitrogen and oxygen atoms in total. The largest absolute Gasteiger partial charge is 0.492 e. The van der Waals surface area contributed by atoms with Gasteiger partial charge in [0.05, 0.1) is 6.54 Å². The van der Waals surface area contributed by atoms with Gasteiger partial charge in [-0.15, -0.1) is 0 Å². The molecular formula is C17H17N3O. The van der Waals surface area contributed by atoms with Crippen LogP contribution in [0, 0.1) is 0 Å². The van der Waals surface area contributed by atoms with Gasteiger partial charge in [-0.3, -0.25) is 0 Å². The Hall–Kier alpha value is -2.75. The van der Waals surface area contributed by atoms with Crippen LogP contribution < -0.4 is 15.8 Å². The molecule has 1 aromatic heterocycles. The average molecular weight is 279 g/mol. The molecule has 0 fully saturated rings. The highest BCUT2D eigenvalue weighted by atomic mass is 16.5. The van der Waals surface area contributed by atoms with Crippen LogP contribution in [-0.2, 0) is 0 Å². The number of benzene rings is 2. The molecule has 3 N–H and O–H groups in total. The molecule has 0 aliphatic carbocycles. The summed E-state index contributed by atoms with van der Waals surface area (Å²) in [6, 6.07) is 17.6. The summed E-state index contributed by atoms with van der Waals surface area (Å²) < 4.78 is 5.65. The number of rotatable bonds is 5. The van der Waals surface area contributed by atoms with Crippen molar-refractivity contribution in [1.29, 1.82) is 0 Å². The average Bonchev–Trinajstić information content (AvgIpc) is 2.53. The van der Waals surface area contributed by atoms with Gasteiger partial charge in [0.25, 0.3) is 0 Å². The van der Waals surface area contributed by atoms with Crippen molar-refractivity contribution >= 4 is 22.3 Å². The van der Waals surface area contributed by atoms with Crippen LogP contribution >= 0.6 is 0 Å². The van der Waals surface area contributed by atoms with Crippen LogP contribution in [0.4, 0.5) is 11.5 Å². The van der Waals surface area contributed by atoms with Gasteiger partial charge < -0.3 is 15.8 Å². The van der Waals surface area contributed by atoms with Crippen LogP contribution in [0.3, 0.4) is 0 Å². The molecule has 0 atom stereocenters. The van der Waals surface area contributed by atoms with Gasteiger partial charge in [0, 0.05) is 17.3 Å². The van der Waals surface area contributed by atoms with Crippen molar-refractivity contribution < 1.29 is 4.74 Å². The van der Waals surface area contributed by atoms with Crippen molar-refractivity contribution in [2.45, 2.75) is 0 Å². The maximum Gasteiger partial charge on any atom is 0.133 e. The molecule has 3 rings (SSSR count). The van der Waals surface area contributed by atoms with Gasteiger partial charge in [0.2, 0.25) is 0 Å². The van der Waals surface area contributed by atoms with Gasteiger partial charge in [0.15, 0.2) is 0 Å². The molecule has 0 aliphatic heterocycles. The number of pyridine rings is 1. The summed E-state index contributed by atoms with van der Waals surface area (Å²) >= 11 is 0. The zero-order valence-electron chi connectivity index (χ0n) is 11.6. The van der Waals surface area contributed by atoms with Crippen molar-refractivity contribution in [1.82, 2.24) is 4.98 Å². The first-order valence-corrected chi connectivity index (χ1v) is 6.89. The molecule has 0 radical (unpaired) electrons. The van der Waals surface area contributed by atoms with Crippen LogP contribution in [0.15, 0.2) is 60.8 Å². The molecule has 0 spiro atoms. The Morgan fingerprint density at radius 3 is 2.67 bits per heavy atom. The maximum atomic E-state index is 5.65. The number of fused-ring (bicyclic) bond motifs is 1. The van der Waals surface area contributed by atoms with Crippen molar-refractivity contribution in [2.75, 3.05) is 24.2 Å². The third kappa shape index (κ3) is 3.23. The lowest BCUT2D eigenvalue weighted by Crippen LogP contribution is -2.12. The number of nitrogen functional groups attached to an aromatic ring is 1. The Labute approximate surface area is 123 Å². The summed E-state index contributed by atoms with van der Waals surface area (Å²) in [5, 5.41) is 5.60. The number of nitrogens with one attached hydrogen (secondary N) is 1.